The van der Waals surface area contributed by atoms with E-state index in [0.717, 1.165) is 0 Å². The molecular formula is C8H9F9NO9RuS3. The molecule has 0 aliphatic rings. The van der Waals surface area contributed by atoms with Gasteiger partial charge in [0, 0.05) is 6.92 Å². The quantitative estimate of drug-likeness (QED) is 0.244. The van der Waals surface area contributed by atoms with Gasteiger partial charge in [0.25, 0.3) is 0 Å². The smallest absolute Gasteiger partial charge is 0.748 e. The van der Waals surface area contributed by atoms with Crippen molar-refractivity contribution in [1.82, 2.24) is 0 Å². The molecule has 23 heteroatoms. The minimum absolute atomic E-state index is 0. The fourth-order valence-corrected chi connectivity index (χ4v) is 1.80. The fourth-order valence-electron chi connectivity index (χ4n) is 0.601. The number of hydrogen-bond acceptors (Lipinski definition) is 10. The van der Waals surface area contributed by atoms with Gasteiger partial charge >= 0.3 is 38.0 Å². The zero-order chi connectivity index (χ0) is 25.8. The predicted octanol–water partition coefficient (Wildman–Crippen LogP) is 0.809. The second-order valence-electron chi connectivity index (χ2n) is 4.18. The van der Waals surface area contributed by atoms with Gasteiger partial charge in [0.15, 0.2) is 0 Å². The van der Waals surface area contributed by atoms with Crippen LogP contribution < -0.4 is 0 Å². The van der Waals surface area contributed by atoms with E-state index in [1.807, 2.05) is 0 Å². The van der Waals surface area contributed by atoms with Gasteiger partial charge in [0.05, 0.1) is 6.07 Å². The number of alkyl halides is 9. The van der Waals surface area contributed by atoms with Crippen LogP contribution in [0.2, 0.25) is 0 Å². The molecule has 0 N–H and O–H groups in total. The zero-order valence-electron chi connectivity index (χ0n) is 14.2. The maximum absolute atomic E-state index is 11.0. The molecule has 0 aliphatic heterocycles. The second-order valence-corrected chi connectivity index (χ2v) is 8.39. The van der Waals surface area contributed by atoms with E-state index in [2.05, 4.69) is 0 Å². The molecule has 1 radical (unpaired) electrons. The standard InChI is InChI=1S/3C2H3F3O3S.C2H3N.Ru/c3*3-2(4,5)1-9(6,7)8;1-2-3;/h3*1H2,(H,6,7,8);1H3;/q;;;;+3/p-3. The van der Waals surface area contributed by atoms with E-state index in [1.54, 1.807) is 6.07 Å². The van der Waals surface area contributed by atoms with Crippen LogP contribution >= 0.6 is 0 Å². The van der Waals surface area contributed by atoms with Gasteiger partial charge in [0.2, 0.25) is 0 Å². The maximum Gasteiger partial charge on any atom is 3.00 e. The molecule has 0 unspecified atom stereocenters. The van der Waals surface area contributed by atoms with Crippen molar-refractivity contribution in [2.75, 3.05) is 17.3 Å². The van der Waals surface area contributed by atoms with Crippen LogP contribution in [-0.4, -0.2) is 74.7 Å². The Balaban J connectivity index is -0.000000101. The van der Waals surface area contributed by atoms with Gasteiger partial charge in [-0.2, -0.15) is 44.8 Å². The van der Waals surface area contributed by atoms with Gasteiger partial charge in [-0.25, -0.2) is 25.3 Å². The van der Waals surface area contributed by atoms with Crippen molar-refractivity contribution in [1.29, 1.82) is 5.26 Å². The van der Waals surface area contributed by atoms with Crippen LogP contribution in [0, 0.1) is 11.3 Å². The minimum atomic E-state index is -5.16. The summed E-state index contributed by atoms with van der Waals surface area (Å²) >= 11 is 0. The zero-order valence-corrected chi connectivity index (χ0v) is 18.4. The largest absolute Gasteiger partial charge is 3.00 e. The summed E-state index contributed by atoms with van der Waals surface area (Å²) in [5.41, 5.74) is 0. The molecule has 0 fully saturated rings. The Kier molecular flexibility index (Phi) is 19.8. The summed E-state index contributed by atoms with van der Waals surface area (Å²) in [5, 5.41) is 7.32. The molecule has 0 atom stereocenters. The Hall–Kier alpha value is -0.787. The van der Waals surface area contributed by atoms with Crippen molar-refractivity contribution < 1.29 is 97.9 Å². The van der Waals surface area contributed by atoms with Gasteiger partial charge in [-0.05, 0) is 0 Å². The fraction of sp³-hybridized carbons (Fsp3) is 0.875. The molecule has 0 heterocycles. The van der Waals surface area contributed by atoms with E-state index >= 15 is 0 Å². The number of hydrogen-bond donors (Lipinski definition) is 0. The number of nitriles is 1. The summed E-state index contributed by atoms with van der Waals surface area (Å²) in [4.78, 5) is 0. The van der Waals surface area contributed by atoms with Crippen molar-refractivity contribution in [3.63, 3.8) is 0 Å². The third-order valence-corrected chi connectivity index (χ3v) is 3.06. The van der Waals surface area contributed by atoms with E-state index in [-0.39, 0.29) is 19.5 Å². The summed E-state index contributed by atoms with van der Waals surface area (Å²) in [7, 11) is -15.5. The second kappa shape index (κ2) is 15.1. The van der Waals surface area contributed by atoms with E-state index in [9.17, 15) is 78.4 Å². The van der Waals surface area contributed by atoms with Crippen LogP contribution in [0.25, 0.3) is 0 Å². The van der Waals surface area contributed by atoms with Crippen molar-refractivity contribution in [2.24, 2.45) is 0 Å². The first kappa shape index (κ1) is 40.6. The number of rotatable bonds is 3. The first-order valence-corrected chi connectivity index (χ1v) is 10.6. The summed E-state index contributed by atoms with van der Waals surface area (Å²) in [5.74, 6) is -6.88. The van der Waals surface area contributed by atoms with Gasteiger partial charge in [0.1, 0.15) is 47.6 Å². The van der Waals surface area contributed by atoms with Crippen LogP contribution in [0.4, 0.5) is 39.5 Å². The molecule has 0 spiro atoms. The molecule has 0 rings (SSSR count). The molecule has 0 aromatic rings. The van der Waals surface area contributed by atoms with Crippen LogP contribution in [0.15, 0.2) is 0 Å². The van der Waals surface area contributed by atoms with E-state index < -0.39 is 66.1 Å². The van der Waals surface area contributed by atoms with Gasteiger partial charge in [-0.1, -0.05) is 0 Å². The van der Waals surface area contributed by atoms with Crippen LogP contribution in [0.3, 0.4) is 0 Å². The Morgan fingerprint density at radius 3 is 0.710 bits per heavy atom. The molecule has 0 aliphatic carbocycles. The third kappa shape index (κ3) is 73.0. The normalized spacial score (nSPS) is 12.3. The van der Waals surface area contributed by atoms with Crippen LogP contribution in [-0.2, 0) is 49.8 Å². The molecule has 0 saturated heterocycles. The summed E-state index contributed by atoms with van der Waals surface area (Å²) in [6.07, 6.45) is -14.7. The average Bonchev–Trinajstić information content (AvgIpc) is 2.13. The number of nitrogens with zero attached hydrogens (tertiary/aromatic N) is 1. The molecule has 189 valence electrons. The Bertz CT molecular complexity index is 736. The summed E-state index contributed by atoms with van der Waals surface area (Å²) in [6.45, 7) is 1.43. The summed E-state index contributed by atoms with van der Waals surface area (Å²) in [6, 6.07) is 1.75. The van der Waals surface area contributed by atoms with Crippen LogP contribution in [0.5, 0.6) is 0 Å². The van der Waals surface area contributed by atoms with Crippen molar-refractivity contribution in [2.45, 2.75) is 25.5 Å². The summed E-state index contributed by atoms with van der Waals surface area (Å²) < 4.78 is 183. The Morgan fingerprint density at radius 1 is 0.613 bits per heavy atom. The van der Waals surface area contributed by atoms with E-state index in [1.165, 1.54) is 6.92 Å². The first-order valence-electron chi connectivity index (χ1n) is 5.85. The maximum atomic E-state index is 11.0. The first-order chi connectivity index (χ1) is 12.5. The molecule has 0 bridgehead atoms. The molecule has 0 aromatic heterocycles. The predicted molar refractivity (Wildman–Crippen MR) is 73.1 cm³/mol. The van der Waals surface area contributed by atoms with E-state index in [4.69, 9.17) is 5.26 Å². The van der Waals surface area contributed by atoms with Crippen molar-refractivity contribution >= 4 is 30.4 Å². The molecule has 0 aromatic carbocycles. The topological polar surface area (TPSA) is 195 Å². The van der Waals surface area contributed by atoms with Gasteiger partial charge in [-0.3, -0.25) is 0 Å². The minimum Gasteiger partial charge on any atom is -0.748 e. The van der Waals surface area contributed by atoms with E-state index in [0.29, 0.717) is 0 Å². The van der Waals surface area contributed by atoms with Crippen molar-refractivity contribution in [3.8, 4) is 6.07 Å². The SMILES string of the molecule is CC#N.O=S(=O)([O-])CC(F)(F)F.O=S(=O)([O-])CC(F)(F)F.O=S(=O)([O-])CC(F)(F)F.[Ru+3]. The number of halogens is 9. The molecule has 10 nitrogen and oxygen atoms in total. The third-order valence-electron chi connectivity index (χ3n) is 1.02. The van der Waals surface area contributed by atoms with Gasteiger partial charge in [-0.15, -0.1) is 0 Å². The Labute approximate surface area is 182 Å². The molecular weight excluding hydrogens is 622 g/mol. The molecule has 0 saturated carbocycles. The Morgan fingerprint density at radius 2 is 0.710 bits per heavy atom. The van der Waals surface area contributed by atoms with Crippen molar-refractivity contribution in [3.05, 3.63) is 0 Å². The molecule has 31 heavy (non-hydrogen) atoms. The van der Waals surface area contributed by atoms with Crippen LogP contribution in [0.1, 0.15) is 6.92 Å². The average molecular weight is 631 g/mol. The van der Waals surface area contributed by atoms with Gasteiger partial charge < -0.3 is 13.7 Å². The molecule has 0 amide bonds. The monoisotopic (exact) mass is 632 g/mol.